The molecule has 1 aliphatic heterocycles. The van der Waals surface area contributed by atoms with Crippen molar-refractivity contribution in [2.45, 2.75) is 32.4 Å². The lowest BCUT2D eigenvalue weighted by molar-refractivity contribution is -0.122. The highest BCUT2D eigenvalue weighted by molar-refractivity contribution is 7.15. The Labute approximate surface area is 143 Å². The Balaban J connectivity index is 1.71. The number of amides is 1. The fraction of sp³-hybridized carbons (Fsp3) is 0.294. The van der Waals surface area contributed by atoms with Gasteiger partial charge in [0.2, 0.25) is 0 Å². The molecule has 0 saturated heterocycles. The third kappa shape index (κ3) is 2.55. The predicted molar refractivity (Wildman–Crippen MR) is 94.6 cm³/mol. The normalized spacial score (nSPS) is 18.1. The van der Waals surface area contributed by atoms with Gasteiger partial charge in [-0.1, -0.05) is 0 Å². The van der Waals surface area contributed by atoms with E-state index in [-0.39, 0.29) is 11.9 Å². The van der Waals surface area contributed by atoms with Gasteiger partial charge in [0, 0.05) is 35.3 Å². The molecule has 2 atom stereocenters. The summed E-state index contributed by atoms with van der Waals surface area (Å²) in [4.78, 5) is 17.4. The molecule has 0 bridgehead atoms. The molecule has 1 aliphatic rings. The van der Waals surface area contributed by atoms with Crippen LogP contribution in [0.2, 0.25) is 0 Å². The fourth-order valence-electron chi connectivity index (χ4n) is 2.81. The van der Waals surface area contributed by atoms with E-state index in [0.717, 1.165) is 28.3 Å². The lowest BCUT2D eigenvalue weighted by Gasteiger charge is -2.23. The lowest BCUT2D eigenvalue weighted by Crippen LogP contribution is -2.34. The van der Waals surface area contributed by atoms with Crippen molar-refractivity contribution in [2.24, 2.45) is 5.73 Å². The molecule has 4 rings (SSSR count). The molecule has 3 heterocycles. The monoisotopic (exact) mass is 342 g/mol. The summed E-state index contributed by atoms with van der Waals surface area (Å²) in [6.45, 7) is 3.73. The summed E-state index contributed by atoms with van der Waals surface area (Å²) in [5.74, 6) is 0.550. The number of nitrogens with zero attached hydrogens (tertiary/aromatic N) is 2. The summed E-state index contributed by atoms with van der Waals surface area (Å²) in [5.41, 5.74) is 9.56. The average Bonchev–Trinajstić information content (AvgIpc) is 3.10. The minimum atomic E-state index is -0.470. The maximum absolute atomic E-state index is 11.8. The molecule has 2 aromatic heterocycles. The zero-order valence-electron chi connectivity index (χ0n) is 13.4. The van der Waals surface area contributed by atoms with E-state index in [1.54, 1.807) is 18.3 Å². The summed E-state index contributed by atoms with van der Waals surface area (Å²) in [5, 5.41) is 4.97. The number of rotatable bonds is 3. The quantitative estimate of drug-likeness (QED) is 0.767. The third-order valence-electron chi connectivity index (χ3n) is 4.02. The van der Waals surface area contributed by atoms with Crippen LogP contribution in [0.5, 0.6) is 5.75 Å². The molecule has 0 saturated carbocycles. The standard InChI is InChI=1S/C17H18N4O2S/c1-9(18)5-12-8-24-17-20-14(7-21(12)17)11-3-4-15-13(6-11)19-16(22)10(2)23-15/h3-4,6-10H,5,18H2,1-2H3,(H,19,22). The molecule has 124 valence electrons. The van der Waals surface area contributed by atoms with Gasteiger partial charge >= 0.3 is 0 Å². The Morgan fingerprint density at radius 3 is 3.12 bits per heavy atom. The van der Waals surface area contributed by atoms with Gasteiger partial charge < -0.3 is 15.8 Å². The van der Waals surface area contributed by atoms with E-state index in [2.05, 4.69) is 20.1 Å². The smallest absolute Gasteiger partial charge is 0.265 e. The van der Waals surface area contributed by atoms with Gasteiger partial charge in [0.15, 0.2) is 11.1 Å². The highest BCUT2D eigenvalue weighted by Gasteiger charge is 2.24. The van der Waals surface area contributed by atoms with Crippen LogP contribution in [-0.4, -0.2) is 27.4 Å². The molecule has 0 aliphatic carbocycles. The first-order chi connectivity index (χ1) is 11.5. The SMILES string of the molecule is CC(N)Cc1csc2nc(-c3ccc4c(c3)NC(=O)C(C)O4)cn12. The van der Waals surface area contributed by atoms with Gasteiger partial charge in [-0.3, -0.25) is 9.20 Å². The van der Waals surface area contributed by atoms with Crippen LogP contribution in [0.1, 0.15) is 19.5 Å². The maximum atomic E-state index is 11.8. The van der Waals surface area contributed by atoms with Crippen LogP contribution in [-0.2, 0) is 11.2 Å². The summed E-state index contributed by atoms with van der Waals surface area (Å²) in [6, 6.07) is 5.83. The molecule has 0 spiro atoms. The van der Waals surface area contributed by atoms with Gasteiger partial charge in [-0.2, -0.15) is 0 Å². The number of carbonyl (C=O) groups is 1. The molecule has 24 heavy (non-hydrogen) atoms. The first-order valence-corrected chi connectivity index (χ1v) is 8.72. The Hall–Kier alpha value is -2.38. The minimum absolute atomic E-state index is 0.103. The lowest BCUT2D eigenvalue weighted by atomic mass is 10.1. The van der Waals surface area contributed by atoms with E-state index < -0.39 is 6.10 Å². The van der Waals surface area contributed by atoms with E-state index in [0.29, 0.717) is 11.4 Å². The van der Waals surface area contributed by atoms with Gasteiger partial charge in [0.05, 0.1) is 11.4 Å². The number of aromatic nitrogens is 2. The van der Waals surface area contributed by atoms with E-state index >= 15 is 0 Å². The summed E-state index contributed by atoms with van der Waals surface area (Å²) in [6.07, 6.45) is 2.35. The fourth-order valence-corrected chi connectivity index (χ4v) is 3.70. The van der Waals surface area contributed by atoms with Crippen molar-refractivity contribution in [2.75, 3.05) is 5.32 Å². The van der Waals surface area contributed by atoms with Crippen LogP contribution < -0.4 is 15.8 Å². The Bertz CT molecular complexity index is 928. The van der Waals surface area contributed by atoms with Gasteiger partial charge in [0.1, 0.15) is 5.75 Å². The molecular weight excluding hydrogens is 324 g/mol. The second kappa shape index (κ2) is 5.61. The number of ether oxygens (including phenoxy) is 1. The minimum Gasteiger partial charge on any atom is -0.479 e. The van der Waals surface area contributed by atoms with Gasteiger partial charge in [-0.25, -0.2) is 4.98 Å². The van der Waals surface area contributed by atoms with Crippen molar-refractivity contribution in [1.82, 2.24) is 9.38 Å². The molecule has 6 nitrogen and oxygen atoms in total. The Morgan fingerprint density at radius 2 is 2.33 bits per heavy atom. The van der Waals surface area contributed by atoms with Crippen molar-refractivity contribution in [1.29, 1.82) is 0 Å². The number of fused-ring (bicyclic) bond motifs is 2. The molecule has 3 N–H and O–H groups in total. The second-order valence-electron chi connectivity index (χ2n) is 6.15. The van der Waals surface area contributed by atoms with E-state index in [1.165, 1.54) is 0 Å². The van der Waals surface area contributed by atoms with E-state index in [4.69, 9.17) is 10.5 Å². The topological polar surface area (TPSA) is 81.6 Å². The average molecular weight is 342 g/mol. The molecule has 1 aromatic carbocycles. The highest BCUT2D eigenvalue weighted by atomic mass is 32.1. The summed E-state index contributed by atoms with van der Waals surface area (Å²) in [7, 11) is 0. The van der Waals surface area contributed by atoms with E-state index in [1.807, 2.05) is 31.3 Å². The number of imidazole rings is 1. The Morgan fingerprint density at radius 1 is 1.50 bits per heavy atom. The molecule has 3 aromatic rings. The van der Waals surface area contributed by atoms with Gasteiger partial charge in [-0.15, -0.1) is 11.3 Å². The van der Waals surface area contributed by atoms with Gasteiger partial charge in [0.25, 0.3) is 5.91 Å². The number of hydrogen-bond acceptors (Lipinski definition) is 5. The van der Waals surface area contributed by atoms with Crippen LogP contribution in [0.4, 0.5) is 5.69 Å². The van der Waals surface area contributed by atoms with Crippen molar-refractivity contribution in [3.8, 4) is 17.0 Å². The van der Waals surface area contributed by atoms with Crippen molar-refractivity contribution < 1.29 is 9.53 Å². The van der Waals surface area contributed by atoms with Crippen molar-refractivity contribution >= 4 is 27.9 Å². The number of carbonyl (C=O) groups excluding carboxylic acids is 1. The number of benzene rings is 1. The second-order valence-corrected chi connectivity index (χ2v) is 6.98. The highest BCUT2D eigenvalue weighted by Crippen LogP contribution is 2.34. The predicted octanol–water partition coefficient (Wildman–Crippen LogP) is 2.67. The Kier molecular flexibility index (Phi) is 3.54. The summed E-state index contributed by atoms with van der Waals surface area (Å²) < 4.78 is 7.68. The van der Waals surface area contributed by atoms with Crippen LogP contribution in [0, 0.1) is 0 Å². The first-order valence-electron chi connectivity index (χ1n) is 7.84. The maximum Gasteiger partial charge on any atom is 0.265 e. The zero-order valence-corrected chi connectivity index (χ0v) is 14.3. The van der Waals surface area contributed by atoms with Crippen LogP contribution >= 0.6 is 11.3 Å². The number of thiazole rings is 1. The van der Waals surface area contributed by atoms with Gasteiger partial charge in [-0.05, 0) is 32.0 Å². The van der Waals surface area contributed by atoms with Crippen molar-refractivity contribution in [3.05, 3.63) is 35.5 Å². The molecule has 0 radical (unpaired) electrons. The molecule has 2 unspecified atom stereocenters. The molecule has 7 heteroatoms. The van der Waals surface area contributed by atoms with Crippen LogP contribution in [0.25, 0.3) is 16.2 Å². The zero-order chi connectivity index (χ0) is 16.8. The molecule has 1 amide bonds. The number of hydrogen-bond donors (Lipinski definition) is 2. The largest absolute Gasteiger partial charge is 0.479 e. The summed E-state index contributed by atoms with van der Waals surface area (Å²) >= 11 is 1.60. The number of nitrogens with one attached hydrogen (secondary N) is 1. The van der Waals surface area contributed by atoms with Crippen LogP contribution in [0.15, 0.2) is 29.8 Å². The molecule has 0 fully saturated rings. The third-order valence-corrected chi connectivity index (χ3v) is 4.91. The van der Waals surface area contributed by atoms with Crippen molar-refractivity contribution in [3.63, 3.8) is 0 Å². The molecular formula is C17H18N4O2S. The van der Waals surface area contributed by atoms with Crippen LogP contribution in [0.3, 0.4) is 0 Å². The van der Waals surface area contributed by atoms with E-state index in [9.17, 15) is 4.79 Å². The first kappa shape index (κ1) is 15.2. The number of anilines is 1. The number of nitrogens with two attached hydrogens (primary N) is 1.